The molecule has 0 radical (unpaired) electrons. The first kappa shape index (κ1) is 22.6. The van der Waals surface area contributed by atoms with Crippen molar-refractivity contribution in [3.63, 3.8) is 0 Å². The first-order chi connectivity index (χ1) is 15.6. The van der Waals surface area contributed by atoms with Gasteiger partial charge < -0.3 is 19.3 Å². The molecule has 0 spiro atoms. The van der Waals surface area contributed by atoms with Gasteiger partial charge in [0.1, 0.15) is 12.4 Å². The summed E-state index contributed by atoms with van der Waals surface area (Å²) in [6, 6.07) is 19.3. The van der Waals surface area contributed by atoms with Crippen molar-refractivity contribution >= 4 is 40.2 Å². The second-order valence-electron chi connectivity index (χ2n) is 7.84. The molecule has 6 nitrogen and oxygen atoms in total. The van der Waals surface area contributed by atoms with Gasteiger partial charge in [0, 0.05) is 19.1 Å². The molecule has 2 aliphatic heterocycles. The predicted molar refractivity (Wildman–Crippen MR) is 129 cm³/mol. The Morgan fingerprint density at radius 1 is 1.06 bits per heavy atom. The molecule has 0 aliphatic carbocycles. The molecule has 0 aromatic heterocycles. The Balaban J connectivity index is 1.20. The molecule has 2 amide bonds. The van der Waals surface area contributed by atoms with Crippen LogP contribution in [0.15, 0.2) is 60.7 Å². The van der Waals surface area contributed by atoms with E-state index in [0.717, 1.165) is 28.4 Å². The van der Waals surface area contributed by atoms with Crippen molar-refractivity contribution in [2.75, 3.05) is 32.0 Å². The van der Waals surface area contributed by atoms with Crippen LogP contribution in [0.25, 0.3) is 0 Å². The Morgan fingerprint density at radius 2 is 1.72 bits per heavy atom. The Bertz CT molecular complexity index is 934. The molecule has 2 aromatic rings. The van der Waals surface area contributed by atoms with E-state index in [1.807, 2.05) is 65.6 Å². The van der Waals surface area contributed by atoms with Crippen LogP contribution in [-0.4, -0.2) is 70.1 Å². The minimum atomic E-state index is -0.291. The largest absolute Gasteiger partial charge is 0.490 e. The molecule has 168 valence electrons. The second-order valence-corrected chi connectivity index (χ2v) is 9.49. The summed E-state index contributed by atoms with van der Waals surface area (Å²) in [6.07, 6.45) is 0.930. The fourth-order valence-corrected chi connectivity index (χ4v) is 4.99. The lowest BCUT2D eigenvalue weighted by Gasteiger charge is -2.35. The molecular weight excluding hydrogens is 444 g/mol. The zero-order valence-corrected chi connectivity index (χ0v) is 19.4. The summed E-state index contributed by atoms with van der Waals surface area (Å²) < 4.78 is 12.0. The van der Waals surface area contributed by atoms with Crippen molar-refractivity contribution in [1.29, 1.82) is 0 Å². The molecule has 1 unspecified atom stereocenters. The van der Waals surface area contributed by atoms with Crippen LogP contribution in [0.1, 0.15) is 18.4 Å². The van der Waals surface area contributed by atoms with E-state index in [1.54, 1.807) is 4.90 Å². The van der Waals surface area contributed by atoms with Crippen LogP contribution in [0.2, 0.25) is 0 Å². The lowest BCUT2D eigenvalue weighted by atomic mass is 10.0. The number of nitrogens with zero attached hydrogens (tertiary/aromatic N) is 2. The quantitative estimate of drug-likeness (QED) is 0.571. The molecule has 4 rings (SSSR count). The van der Waals surface area contributed by atoms with Crippen LogP contribution < -0.4 is 4.74 Å². The zero-order chi connectivity index (χ0) is 22.3. The molecule has 0 bridgehead atoms. The van der Waals surface area contributed by atoms with Gasteiger partial charge in [0.05, 0.1) is 16.5 Å². The summed E-state index contributed by atoms with van der Waals surface area (Å²) in [5.74, 6) is 1.19. The number of cyclic esters (lactones) is 1. The van der Waals surface area contributed by atoms with Gasteiger partial charge in [-0.25, -0.2) is 4.79 Å². The van der Waals surface area contributed by atoms with Crippen LogP contribution >= 0.6 is 24.0 Å². The summed E-state index contributed by atoms with van der Waals surface area (Å²) >= 11 is 6.84. The van der Waals surface area contributed by atoms with Gasteiger partial charge in [0.25, 0.3) is 0 Å². The van der Waals surface area contributed by atoms with Gasteiger partial charge in [0.15, 0.2) is 6.10 Å². The monoisotopic (exact) mass is 470 g/mol. The highest BCUT2D eigenvalue weighted by Crippen LogP contribution is 2.24. The maximum absolute atomic E-state index is 12.6. The number of thiocarbonyl (C=S) groups is 1. The van der Waals surface area contributed by atoms with Gasteiger partial charge in [0.2, 0.25) is 5.91 Å². The van der Waals surface area contributed by atoms with Crippen molar-refractivity contribution in [3.05, 3.63) is 66.2 Å². The van der Waals surface area contributed by atoms with E-state index in [4.69, 9.17) is 21.7 Å². The van der Waals surface area contributed by atoms with Gasteiger partial charge >= 0.3 is 6.09 Å². The highest BCUT2D eigenvalue weighted by molar-refractivity contribution is 8.24. The molecule has 8 heteroatoms. The summed E-state index contributed by atoms with van der Waals surface area (Å²) in [5, 5.41) is 0. The molecule has 2 aromatic carbocycles. The SMILES string of the molecule is O=C(CSC(=S)c1ccccc1)N1CCC(N2CC(COc3ccccc3)OC2=O)CC1. The first-order valence-electron chi connectivity index (χ1n) is 10.7. The summed E-state index contributed by atoms with van der Waals surface area (Å²) in [5.41, 5.74) is 0.970. The molecule has 2 fully saturated rings. The molecule has 0 saturated carbocycles. The fourth-order valence-electron chi connectivity index (χ4n) is 3.94. The molecule has 32 heavy (non-hydrogen) atoms. The third-order valence-electron chi connectivity index (χ3n) is 5.68. The number of ether oxygens (including phenoxy) is 2. The molecule has 2 aliphatic rings. The van der Waals surface area contributed by atoms with E-state index in [2.05, 4.69) is 0 Å². The number of carbonyl (C=O) groups excluding carboxylic acids is 2. The molecule has 0 N–H and O–H groups in total. The highest BCUT2D eigenvalue weighted by atomic mass is 32.2. The van der Waals surface area contributed by atoms with Crippen molar-refractivity contribution in [1.82, 2.24) is 9.80 Å². The standard InChI is InChI=1S/C24H26N2O4S2/c27-22(17-32-23(31)18-7-3-1-4-8-18)25-13-11-19(12-14-25)26-15-21(30-24(26)28)16-29-20-9-5-2-6-10-20/h1-10,19,21H,11-17H2. The maximum atomic E-state index is 12.6. The van der Waals surface area contributed by atoms with Gasteiger partial charge in [-0.3, -0.25) is 4.79 Å². The number of rotatable bonds is 7. The van der Waals surface area contributed by atoms with E-state index in [-0.39, 0.29) is 24.1 Å². The molecule has 2 heterocycles. The minimum absolute atomic E-state index is 0.0878. The van der Waals surface area contributed by atoms with Gasteiger partial charge in [-0.15, -0.1) is 11.8 Å². The van der Waals surface area contributed by atoms with E-state index in [0.29, 0.717) is 32.0 Å². The van der Waals surface area contributed by atoms with Crippen LogP contribution in [-0.2, 0) is 9.53 Å². The van der Waals surface area contributed by atoms with Gasteiger partial charge in [-0.1, -0.05) is 60.7 Å². The smallest absolute Gasteiger partial charge is 0.410 e. The zero-order valence-electron chi connectivity index (χ0n) is 17.7. The molecular formula is C24H26N2O4S2. The fraction of sp³-hybridized carbons (Fsp3) is 0.375. The Labute approximate surface area is 197 Å². The van der Waals surface area contributed by atoms with Crippen LogP contribution in [0.3, 0.4) is 0 Å². The molecule has 2 saturated heterocycles. The van der Waals surface area contributed by atoms with E-state index in [9.17, 15) is 9.59 Å². The lowest BCUT2D eigenvalue weighted by Crippen LogP contribution is -2.47. The second kappa shape index (κ2) is 10.8. The van der Waals surface area contributed by atoms with Crippen molar-refractivity contribution in [2.24, 2.45) is 0 Å². The van der Waals surface area contributed by atoms with E-state index >= 15 is 0 Å². The predicted octanol–water partition coefficient (Wildman–Crippen LogP) is 3.99. The number of hydrogen-bond acceptors (Lipinski definition) is 6. The number of likely N-dealkylation sites (tertiary alicyclic amines) is 1. The number of amides is 2. The summed E-state index contributed by atoms with van der Waals surface area (Å²) in [4.78, 5) is 28.7. The van der Waals surface area contributed by atoms with Crippen molar-refractivity contribution in [3.8, 4) is 5.75 Å². The third-order valence-corrected chi connectivity index (χ3v) is 7.15. The minimum Gasteiger partial charge on any atom is -0.490 e. The average Bonchev–Trinajstić information content (AvgIpc) is 3.22. The maximum Gasteiger partial charge on any atom is 0.410 e. The molecule has 1 atom stereocenters. The number of hydrogen-bond donors (Lipinski definition) is 0. The first-order valence-corrected chi connectivity index (χ1v) is 12.1. The number of carbonyl (C=O) groups is 2. The van der Waals surface area contributed by atoms with E-state index < -0.39 is 0 Å². The van der Waals surface area contributed by atoms with Gasteiger partial charge in [-0.2, -0.15) is 0 Å². The van der Waals surface area contributed by atoms with Crippen LogP contribution in [0.5, 0.6) is 5.75 Å². The Kier molecular flexibility index (Phi) is 7.65. The average molecular weight is 471 g/mol. The van der Waals surface area contributed by atoms with E-state index in [1.165, 1.54) is 11.8 Å². The summed E-state index contributed by atoms with van der Waals surface area (Å²) in [6.45, 7) is 2.13. The lowest BCUT2D eigenvalue weighted by molar-refractivity contribution is -0.129. The third kappa shape index (κ3) is 5.81. The highest BCUT2D eigenvalue weighted by Gasteiger charge is 2.38. The topological polar surface area (TPSA) is 59.1 Å². The van der Waals surface area contributed by atoms with Crippen LogP contribution in [0, 0.1) is 0 Å². The van der Waals surface area contributed by atoms with Gasteiger partial charge in [-0.05, 0) is 30.5 Å². The number of para-hydroxylation sites is 1. The summed E-state index contributed by atoms with van der Waals surface area (Å²) in [7, 11) is 0. The Morgan fingerprint density at radius 3 is 2.41 bits per heavy atom. The number of piperidine rings is 1. The van der Waals surface area contributed by atoms with Crippen LogP contribution in [0.4, 0.5) is 4.79 Å². The number of benzene rings is 2. The normalized spacial score (nSPS) is 19.0. The van der Waals surface area contributed by atoms with Crippen molar-refractivity contribution in [2.45, 2.75) is 25.0 Å². The van der Waals surface area contributed by atoms with Crippen molar-refractivity contribution < 1.29 is 19.1 Å². The Hall–Kier alpha value is -2.58. The number of thioether (sulfide) groups is 1.